The first-order valence-electron chi connectivity index (χ1n) is 11.2. The fourth-order valence-corrected chi connectivity index (χ4v) is 3.81. The van der Waals surface area contributed by atoms with E-state index < -0.39 is 0 Å². The summed E-state index contributed by atoms with van der Waals surface area (Å²) in [7, 11) is 0. The second-order valence-electron chi connectivity index (χ2n) is 8.01. The lowest BCUT2D eigenvalue weighted by Gasteiger charge is -2.24. The number of ether oxygens (including phenoxy) is 1. The van der Waals surface area contributed by atoms with Crippen LogP contribution in [0.1, 0.15) is 27.9 Å². The molecule has 0 unspecified atom stereocenters. The van der Waals surface area contributed by atoms with Crippen LogP contribution in [-0.2, 0) is 11.2 Å². The molecular formula is C26H26FN5O2. The van der Waals surface area contributed by atoms with Crippen LogP contribution >= 0.6 is 0 Å². The van der Waals surface area contributed by atoms with Crippen molar-refractivity contribution in [2.45, 2.75) is 18.9 Å². The van der Waals surface area contributed by atoms with Gasteiger partial charge in [0.1, 0.15) is 11.6 Å². The quantitative estimate of drug-likeness (QED) is 0.477. The number of hydrogen-bond donors (Lipinski definition) is 3. The molecule has 174 valence electrons. The zero-order valence-electron chi connectivity index (χ0n) is 18.7. The highest BCUT2D eigenvalue weighted by Gasteiger charge is 2.18. The maximum absolute atomic E-state index is 13.5. The third-order valence-electron chi connectivity index (χ3n) is 5.65. The van der Waals surface area contributed by atoms with Crippen LogP contribution in [0.25, 0.3) is 11.3 Å². The standard InChI is InChI=1S/C26H26FN5O2/c27-20-6-3-4-18(14-20)10-12-29-25-23(26(33)30-16-21-11-13-34-17-31-21)8-9-24(32-25)22-7-2-1-5-19(22)15-28/h1-9,14,21,31H,10-13,16-17H2,(H,29,32)(H,30,33)/t21-/m1/s1. The van der Waals surface area contributed by atoms with Gasteiger partial charge in [0.25, 0.3) is 5.91 Å². The predicted molar refractivity (Wildman–Crippen MR) is 128 cm³/mol. The molecular weight excluding hydrogens is 433 g/mol. The number of benzene rings is 2. The number of carbonyl (C=O) groups is 1. The maximum Gasteiger partial charge on any atom is 0.255 e. The molecule has 2 aromatic carbocycles. The Morgan fingerprint density at radius 3 is 2.88 bits per heavy atom. The van der Waals surface area contributed by atoms with E-state index >= 15 is 0 Å². The van der Waals surface area contributed by atoms with Crippen LogP contribution in [-0.4, -0.2) is 43.4 Å². The first-order chi connectivity index (χ1) is 16.6. The molecule has 8 heteroatoms. The number of nitrogens with zero attached hydrogens (tertiary/aromatic N) is 2. The molecule has 3 N–H and O–H groups in total. The molecule has 1 saturated heterocycles. The zero-order valence-corrected chi connectivity index (χ0v) is 18.7. The van der Waals surface area contributed by atoms with Crippen LogP contribution in [0.5, 0.6) is 0 Å². The zero-order chi connectivity index (χ0) is 23.8. The summed E-state index contributed by atoms with van der Waals surface area (Å²) in [6.07, 6.45) is 1.38. The molecule has 0 bridgehead atoms. The molecule has 7 nitrogen and oxygen atoms in total. The van der Waals surface area contributed by atoms with Gasteiger partial charge in [-0.25, -0.2) is 9.37 Å². The molecule has 1 aromatic heterocycles. The highest BCUT2D eigenvalue weighted by Crippen LogP contribution is 2.25. The molecule has 4 rings (SSSR count). The van der Waals surface area contributed by atoms with Crippen molar-refractivity contribution in [3.63, 3.8) is 0 Å². The van der Waals surface area contributed by atoms with Crippen LogP contribution in [0, 0.1) is 17.1 Å². The summed E-state index contributed by atoms with van der Waals surface area (Å²) in [5.74, 6) is -0.110. The van der Waals surface area contributed by atoms with Crippen molar-refractivity contribution in [3.8, 4) is 17.3 Å². The lowest BCUT2D eigenvalue weighted by molar-refractivity contribution is 0.0600. The minimum absolute atomic E-state index is 0.150. The van der Waals surface area contributed by atoms with Crippen molar-refractivity contribution >= 4 is 11.7 Å². The first kappa shape index (κ1) is 23.4. The third kappa shape index (κ3) is 5.95. The second-order valence-corrected chi connectivity index (χ2v) is 8.01. The van der Waals surface area contributed by atoms with Gasteiger partial charge in [-0.3, -0.25) is 10.1 Å². The van der Waals surface area contributed by atoms with E-state index in [1.54, 1.807) is 30.3 Å². The normalized spacial score (nSPS) is 15.4. The Labute approximate surface area is 198 Å². The fourth-order valence-electron chi connectivity index (χ4n) is 3.81. The molecule has 0 aliphatic carbocycles. The minimum Gasteiger partial charge on any atom is -0.369 e. The summed E-state index contributed by atoms with van der Waals surface area (Å²) in [6, 6.07) is 19.4. The molecule has 3 aromatic rings. The van der Waals surface area contributed by atoms with Gasteiger partial charge in [-0.2, -0.15) is 5.26 Å². The number of pyridine rings is 1. The molecule has 0 radical (unpaired) electrons. The van der Waals surface area contributed by atoms with E-state index in [-0.39, 0.29) is 17.8 Å². The van der Waals surface area contributed by atoms with Crippen molar-refractivity contribution in [2.75, 3.05) is 31.7 Å². The smallest absolute Gasteiger partial charge is 0.255 e. The van der Waals surface area contributed by atoms with Crippen molar-refractivity contribution in [2.24, 2.45) is 0 Å². The number of anilines is 1. The Bertz CT molecular complexity index is 1190. The molecule has 1 fully saturated rings. The highest BCUT2D eigenvalue weighted by atomic mass is 19.1. The van der Waals surface area contributed by atoms with Crippen molar-refractivity contribution in [1.82, 2.24) is 15.6 Å². The number of halogens is 1. The van der Waals surface area contributed by atoms with Gasteiger partial charge in [0, 0.05) is 31.3 Å². The Morgan fingerprint density at radius 2 is 2.09 bits per heavy atom. The van der Waals surface area contributed by atoms with E-state index in [1.807, 2.05) is 18.2 Å². The molecule has 34 heavy (non-hydrogen) atoms. The summed E-state index contributed by atoms with van der Waals surface area (Å²) >= 11 is 0. The molecule has 0 spiro atoms. The number of nitrogens with one attached hydrogen (secondary N) is 3. The van der Waals surface area contributed by atoms with Gasteiger partial charge >= 0.3 is 0 Å². The SMILES string of the molecule is N#Cc1ccccc1-c1ccc(C(=O)NC[C@H]2CCOCN2)c(NCCc2cccc(F)c2)n1. The summed E-state index contributed by atoms with van der Waals surface area (Å²) in [5, 5.41) is 18.9. The number of amides is 1. The predicted octanol–water partition coefficient (Wildman–Crippen LogP) is 3.48. The van der Waals surface area contributed by atoms with E-state index in [1.165, 1.54) is 12.1 Å². The van der Waals surface area contributed by atoms with Gasteiger partial charge in [0.05, 0.1) is 29.6 Å². The Morgan fingerprint density at radius 1 is 1.21 bits per heavy atom. The van der Waals surface area contributed by atoms with Gasteiger partial charge in [0.15, 0.2) is 0 Å². The highest BCUT2D eigenvalue weighted by molar-refractivity contribution is 5.99. The molecule has 1 amide bonds. The van der Waals surface area contributed by atoms with Crippen LogP contribution in [0.2, 0.25) is 0 Å². The number of hydrogen-bond acceptors (Lipinski definition) is 6. The van der Waals surface area contributed by atoms with Crippen LogP contribution in [0.3, 0.4) is 0 Å². The molecule has 1 atom stereocenters. The minimum atomic E-state index is -0.285. The average Bonchev–Trinajstić information content (AvgIpc) is 2.88. The molecule has 2 heterocycles. The maximum atomic E-state index is 13.5. The monoisotopic (exact) mass is 459 g/mol. The van der Waals surface area contributed by atoms with E-state index in [9.17, 15) is 14.4 Å². The van der Waals surface area contributed by atoms with Crippen molar-refractivity contribution in [3.05, 3.63) is 83.2 Å². The van der Waals surface area contributed by atoms with Gasteiger partial charge in [-0.15, -0.1) is 0 Å². The summed E-state index contributed by atoms with van der Waals surface area (Å²) in [5.41, 5.74) is 3.03. The molecule has 1 aliphatic heterocycles. The summed E-state index contributed by atoms with van der Waals surface area (Å²) in [6.45, 7) is 2.07. The number of rotatable bonds is 8. The van der Waals surface area contributed by atoms with E-state index in [4.69, 9.17) is 4.74 Å². The number of carbonyl (C=O) groups excluding carboxylic acids is 1. The second kappa shape index (κ2) is 11.4. The van der Waals surface area contributed by atoms with Gasteiger partial charge in [-0.05, 0) is 48.7 Å². The lowest BCUT2D eigenvalue weighted by atomic mass is 10.0. The van der Waals surface area contributed by atoms with Crippen LogP contribution in [0.15, 0.2) is 60.7 Å². The van der Waals surface area contributed by atoms with Crippen molar-refractivity contribution < 1.29 is 13.9 Å². The molecule has 0 saturated carbocycles. The van der Waals surface area contributed by atoms with E-state index in [0.717, 1.165) is 12.0 Å². The Hall–Kier alpha value is -3.80. The largest absolute Gasteiger partial charge is 0.369 e. The molecule has 1 aliphatic rings. The third-order valence-corrected chi connectivity index (χ3v) is 5.65. The summed E-state index contributed by atoms with van der Waals surface area (Å²) in [4.78, 5) is 17.7. The average molecular weight is 460 g/mol. The van der Waals surface area contributed by atoms with E-state index in [2.05, 4.69) is 27.0 Å². The fraction of sp³-hybridized carbons (Fsp3) is 0.269. The number of aromatic nitrogens is 1. The summed E-state index contributed by atoms with van der Waals surface area (Å²) < 4.78 is 18.8. The number of nitriles is 1. The van der Waals surface area contributed by atoms with Gasteiger partial charge in [0.2, 0.25) is 0 Å². The van der Waals surface area contributed by atoms with E-state index in [0.29, 0.717) is 61.1 Å². The van der Waals surface area contributed by atoms with Crippen molar-refractivity contribution in [1.29, 1.82) is 5.26 Å². The van der Waals surface area contributed by atoms with Crippen LogP contribution in [0.4, 0.5) is 10.2 Å². The topological polar surface area (TPSA) is 99.1 Å². The Kier molecular flexibility index (Phi) is 7.81. The van der Waals surface area contributed by atoms with Crippen LogP contribution < -0.4 is 16.0 Å². The van der Waals surface area contributed by atoms with Gasteiger partial charge < -0.3 is 15.4 Å². The lowest BCUT2D eigenvalue weighted by Crippen LogP contribution is -2.45. The van der Waals surface area contributed by atoms with Gasteiger partial charge in [-0.1, -0.05) is 30.3 Å². The first-order valence-corrected chi connectivity index (χ1v) is 11.2. The Balaban J connectivity index is 1.54.